The predicted octanol–water partition coefficient (Wildman–Crippen LogP) is 1.39. The molecule has 1 heterocycles. The first-order valence-electron chi connectivity index (χ1n) is 4.29. The summed E-state index contributed by atoms with van der Waals surface area (Å²) in [4.78, 5) is 12.7. The highest BCUT2D eigenvalue weighted by atomic mass is 35.5. The quantitative estimate of drug-likeness (QED) is 0.751. The molecule has 0 saturated carbocycles. The van der Waals surface area contributed by atoms with E-state index in [1.165, 1.54) is 0 Å². The lowest BCUT2D eigenvalue weighted by Crippen LogP contribution is -2.51. The van der Waals surface area contributed by atoms with Crippen LogP contribution in [0.15, 0.2) is 11.6 Å². The fourth-order valence-electron chi connectivity index (χ4n) is 1.50. The molecule has 0 aromatic carbocycles. The number of carboxylic acid groups (broad SMARTS) is 1. The number of aliphatic carboxylic acids is 1. The largest absolute Gasteiger partial charge is 0.481 e. The lowest BCUT2D eigenvalue weighted by atomic mass is 9.87. The molecule has 1 atom stereocenters. The van der Waals surface area contributed by atoms with Gasteiger partial charge in [-0.05, 0) is 5.92 Å². The molecule has 0 aromatic heterocycles. The Bertz CT molecular complexity index is 224. The van der Waals surface area contributed by atoms with E-state index in [4.69, 9.17) is 16.7 Å². The van der Waals surface area contributed by atoms with Crippen LogP contribution < -0.4 is 0 Å². The average Bonchev–Trinajstić information content (AvgIpc) is 1.94. The smallest absolute Gasteiger partial charge is 0.306 e. The van der Waals surface area contributed by atoms with Crippen molar-refractivity contribution in [3.8, 4) is 0 Å². The summed E-state index contributed by atoms with van der Waals surface area (Å²) in [5.74, 6) is -0.692. The van der Waals surface area contributed by atoms with Gasteiger partial charge < -0.3 is 5.11 Å². The minimum atomic E-state index is -0.714. The van der Waals surface area contributed by atoms with Gasteiger partial charge in [-0.3, -0.25) is 9.69 Å². The van der Waals surface area contributed by atoms with E-state index in [2.05, 4.69) is 11.5 Å². The van der Waals surface area contributed by atoms with Crippen molar-refractivity contribution < 1.29 is 9.90 Å². The summed E-state index contributed by atoms with van der Waals surface area (Å²) in [7, 11) is 0. The average molecular weight is 204 g/mol. The summed E-state index contributed by atoms with van der Waals surface area (Å²) >= 11 is 5.62. The molecule has 1 rings (SSSR count). The zero-order valence-corrected chi connectivity index (χ0v) is 8.42. The zero-order chi connectivity index (χ0) is 10.0. The van der Waals surface area contributed by atoms with E-state index in [9.17, 15) is 4.79 Å². The molecular weight excluding hydrogens is 190 g/mol. The Morgan fingerprint density at radius 2 is 2.31 bits per heavy atom. The molecule has 0 aliphatic carbocycles. The Hall–Kier alpha value is -0.540. The van der Waals surface area contributed by atoms with Gasteiger partial charge in [0.1, 0.15) is 0 Å². The van der Waals surface area contributed by atoms with Crippen LogP contribution >= 0.6 is 11.6 Å². The van der Waals surface area contributed by atoms with Crippen LogP contribution in [-0.2, 0) is 4.79 Å². The van der Waals surface area contributed by atoms with Crippen molar-refractivity contribution in [1.29, 1.82) is 0 Å². The van der Waals surface area contributed by atoms with Crippen molar-refractivity contribution in [2.45, 2.75) is 6.92 Å². The molecule has 1 N–H and O–H groups in total. The highest BCUT2D eigenvalue weighted by Crippen LogP contribution is 2.24. The molecule has 0 amide bonds. The number of hydrogen-bond acceptors (Lipinski definition) is 2. The van der Waals surface area contributed by atoms with E-state index >= 15 is 0 Å². The Morgan fingerprint density at radius 1 is 1.77 bits per heavy atom. The van der Waals surface area contributed by atoms with Crippen LogP contribution in [0.5, 0.6) is 0 Å². The molecule has 0 aromatic rings. The number of carboxylic acids is 1. The minimum Gasteiger partial charge on any atom is -0.481 e. The number of carbonyl (C=O) groups is 1. The van der Waals surface area contributed by atoms with E-state index in [-0.39, 0.29) is 11.8 Å². The Labute approximate surface area is 83.0 Å². The van der Waals surface area contributed by atoms with Crippen LogP contribution in [0.1, 0.15) is 6.92 Å². The summed E-state index contributed by atoms with van der Waals surface area (Å²) in [6.45, 7) is 7.65. The third kappa shape index (κ3) is 2.71. The maximum Gasteiger partial charge on any atom is 0.306 e. The number of hydrogen-bond donors (Lipinski definition) is 1. The SMILES string of the molecule is C=C(Cl)CN1CC(C(C)C(=O)O)C1. The van der Waals surface area contributed by atoms with Crippen LogP contribution in [0.4, 0.5) is 0 Å². The molecule has 1 saturated heterocycles. The standard InChI is InChI=1S/C9H14ClNO2/c1-6(10)3-11-4-8(5-11)7(2)9(12)13/h7-8H,1,3-5H2,2H3,(H,12,13). The monoisotopic (exact) mass is 203 g/mol. The van der Waals surface area contributed by atoms with Gasteiger partial charge in [-0.25, -0.2) is 0 Å². The Balaban J connectivity index is 2.25. The second-order valence-electron chi connectivity index (χ2n) is 3.60. The minimum absolute atomic E-state index is 0.250. The van der Waals surface area contributed by atoms with Gasteiger partial charge in [-0.1, -0.05) is 25.1 Å². The summed E-state index contributed by atoms with van der Waals surface area (Å²) in [5, 5.41) is 9.34. The molecular formula is C9H14ClNO2. The van der Waals surface area contributed by atoms with E-state index in [0.29, 0.717) is 11.6 Å². The van der Waals surface area contributed by atoms with Crippen LogP contribution in [0.3, 0.4) is 0 Å². The Morgan fingerprint density at radius 3 is 2.69 bits per heavy atom. The van der Waals surface area contributed by atoms with Crippen molar-refractivity contribution in [3.63, 3.8) is 0 Å². The molecule has 1 fully saturated rings. The topological polar surface area (TPSA) is 40.5 Å². The molecule has 4 heteroatoms. The normalized spacial score (nSPS) is 20.8. The first-order valence-corrected chi connectivity index (χ1v) is 4.67. The van der Waals surface area contributed by atoms with E-state index in [0.717, 1.165) is 13.1 Å². The molecule has 1 unspecified atom stereocenters. The molecule has 3 nitrogen and oxygen atoms in total. The van der Waals surface area contributed by atoms with Gasteiger partial charge in [0.15, 0.2) is 0 Å². The first kappa shape index (κ1) is 10.5. The second-order valence-corrected chi connectivity index (χ2v) is 4.13. The summed E-state index contributed by atoms with van der Waals surface area (Å²) in [6.07, 6.45) is 0. The summed E-state index contributed by atoms with van der Waals surface area (Å²) in [6, 6.07) is 0. The van der Waals surface area contributed by atoms with Gasteiger partial charge in [0, 0.05) is 24.7 Å². The Kier molecular flexibility index (Phi) is 3.33. The van der Waals surface area contributed by atoms with Gasteiger partial charge in [-0.15, -0.1) is 0 Å². The third-order valence-electron chi connectivity index (χ3n) is 2.48. The molecule has 0 radical (unpaired) electrons. The van der Waals surface area contributed by atoms with Crippen LogP contribution in [-0.4, -0.2) is 35.6 Å². The third-order valence-corrected chi connectivity index (χ3v) is 2.60. The number of nitrogens with zero attached hydrogens (tertiary/aromatic N) is 1. The fraction of sp³-hybridized carbons (Fsp3) is 0.667. The van der Waals surface area contributed by atoms with E-state index in [1.807, 2.05) is 0 Å². The van der Waals surface area contributed by atoms with Crippen LogP contribution in [0, 0.1) is 11.8 Å². The number of likely N-dealkylation sites (tertiary alicyclic amines) is 1. The lowest BCUT2D eigenvalue weighted by Gasteiger charge is -2.41. The van der Waals surface area contributed by atoms with Crippen LogP contribution in [0.25, 0.3) is 0 Å². The molecule has 0 spiro atoms. The zero-order valence-electron chi connectivity index (χ0n) is 7.66. The van der Waals surface area contributed by atoms with Crippen LogP contribution in [0.2, 0.25) is 0 Å². The summed E-state index contributed by atoms with van der Waals surface area (Å²) < 4.78 is 0. The van der Waals surface area contributed by atoms with Crippen molar-refractivity contribution >= 4 is 17.6 Å². The number of halogens is 1. The van der Waals surface area contributed by atoms with E-state index in [1.54, 1.807) is 6.92 Å². The van der Waals surface area contributed by atoms with Gasteiger partial charge in [0.05, 0.1) is 5.92 Å². The maximum absolute atomic E-state index is 10.6. The van der Waals surface area contributed by atoms with Gasteiger partial charge in [0.2, 0.25) is 0 Å². The van der Waals surface area contributed by atoms with Crippen molar-refractivity contribution in [2.24, 2.45) is 11.8 Å². The fourth-order valence-corrected chi connectivity index (χ4v) is 1.67. The van der Waals surface area contributed by atoms with Gasteiger partial charge >= 0.3 is 5.97 Å². The highest BCUT2D eigenvalue weighted by molar-refractivity contribution is 6.29. The molecule has 13 heavy (non-hydrogen) atoms. The second kappa shape index (κ2) is 4.11. The van der Waals surface area contributed by atoms with Crippen molar-refractivity contribution in [3.05, 3.63) is 11.6 Å². The molecule has 0 bridgehead atoms. The van der Waals surface area contributed by atoms with Gasteiger partial charge in [0.25, 0.3) is 0 Å². The summed E-state index contributed by atoms with van der Waals surface area (Å²) in [5.41, 5.74) is 0. The van der Waals surface area contributed by atoms with Crippen molar-refractivity contribution in [1.82, 2.24) is 4.90 Å². The van der Waals surface area contributed by atoms with Crippen molar-refractivity contribution in [2.75, 3.05) is 19.6 Å². The van der Waals surface area contributed by atoms with E-state index < -0.39 is 5.97 Å². The molecule has 1 aliphatic rings. The number of rotatable bonds is 4. The molecule has 1 aliphatic heterocycles. The first-order chi connectivity index (χ1) is 6.00. The maximum atomic E-state index is 10.6. The highest BCUT2D eigenvalue weighted by Gasteiger charge is 2.34. The van der Waals surface area contributed by atoms with Gasteiger partial charge in [-0.2, -0.15) is 0 Å². The molecule has 74 valence electrons. The predicted molar refractivity (Wildman–Crippen MR) is 51.7 cm³/mol. The lowest BCUT2D eigenvalue weighted by molar-refractivity contribution is -0.145.